The molecule has 0 aliphatic rings. The number of nitrogens with two attached hydrogens (primary N) is 1. The van der Waals surface area contributed by atoms with Gasteiger partial charge in [-0.3, -0.25) is 4.79 Å². The van der Waals surface area contributed by atoms with E-state index in [9.17, 15) is 4.79 Å². The van der Waals surface area contributed by atoms with Crippen molar-refractivity contribution in [3.8, 4) is 6.07 Å². The number of aryl methyl sites for hydroxylation is 1. The molecule has 0 saturated carbocycles. The van der Waals surface area contributed by atoms with Crippen LogP contribution in [-0.4, -0.2) is 24.4 Å². The Morgan fingerprint density at radius 1 is 1.50 bits per heavy atom. The molecule has 0 spiro atoms. The fourth-order valence-corrected chi connectivity index (χ4v) is 1.48. The Labute approximate surface area is 95.3 Å². The largest absolute Gasteiger partial charge is 0.399 e. The van der Waals surface area contributed by atoms with Crippen molar-refractivity contribution in [3.05, 3.63) is 29.3 Å². The number of hydrogen-bond donors (Lipinski definition) is 1. The zero-order valence-corrected chi connectivity index (χ0v) is 9.53. The number of amides is 1. The lowest BCUT2D eigenvalue weighted by Gasteiger charge is -2.16. The lowest BCUT2D eigenvalue weighted by Crippen LogP contribution is -2.27. The standard InChI is InChI=1S/C12H15N3O/c1-9-6-10(8-11(14)7-9)12(16)15(2)5-3-4-13/h6-8H,3,5,14H2,1-2H3. The smallest absolute Gasteiger partial charge is 0.253 e. The van der Waals surface area contributed by atoms with Crippen LogP contribution in [-0.2, 0) is 0 Å². The number of hydrogen-bond acceptors (Lipinski definition) is 3. The summed E-state index contributed by atoms with van der Waals surface area (Å²) in [6.45, 7) is 2.32. The average molecular weight is 217 g/mol. The molecule has 0 atom stereocenters. The monoisotopic (exact) mass is 217 g/mol. The Morgan fingerprint density at radius 3 is 2.75 bits per heavy atom. The van der Waals surface area contributed by atoms with Crippen molar-refractivity contribution in [1.82, 2.24) is 4.90 Å². The van der Waals surface area contributed by atoms with Crippen LogP contribution < -0.4 is 5.73 Å². The number of rotatable bonds is 3. The predicted octanol–water partition coefficient (Wildman–Crippen LogP) is 1.56. The second kappa shape index (κ2) is 5.17. The second-order valence-electron chi connectivity index (χ2n) is 3.77. The van der Waals surface area contributed by atoms with Gasteiger partial charge in [0, 0.05) is 24.8 Å². The first-order valence-electron chi connectivity index (χ1n) is 5.04. The molecule has 4 heteroatoms. The quantitative estimate of drug-likeness (QED) is 0.781. The van der Waals surface area contributed by atoms with Gasteiger partial charge in [0.25, 0.3) is 5.91 Å². The molecule has 84 valence electrons. The number of anilines is 1. The molecule has 1 aromatic rings. The summed E-state index contributed by atoms with van der Waals surface area (Å²) in [6, 6.07) is 7.26. The Hall–Kier alpha value is -2.02. The van der Waals surface area contributed by atoms with Crippen LogP contribution in [0.2, 0.25) is 0 Å². The highest BCUT2D eigenvalue weighted by Crippen LogP contribution is 2.13. The molecule has 1 amide bonds. The van der Waals surface area contributed by atoms with E-state index in [-0.39, 0.29) is 5.91 Å². The molecule has 1 aromatic carbocycles. The summed E-state index contributed by atoms with van der Waals surface area (Å²) in [6.07, 6.45) is 0.337. The molecule has 0 aromatic heterocycles. The highest BCUT2D eigenvalue weighted by molar-refractivity contribution is 5.95. The van der Waals surface area contributed by atoms with Crippen LogP contribution in [0.1, 0.15) is 22.3 Å². The van der Waals surface area contributed by atoms with Crippen molar-refractivity contribution < 1.29 is 4.79 Å². The molecule has 4 nitrogen and oxygen atoms in total. The van der Waals surface area contributed by atoms with Crippen LogP contribution in [0.4, 0.5) is 5.69 Å². The van der Waals surface area contributed by atoms with Gasteiger partial charge in [0.2, 0.25) is 0 Å². The molecule has 0 heterocycles. The molecule has 0 bridgehead atoms. The van der Waals surface area contributed by atoms with Gasteiger partial charge in [0.1, 0.15) is 0 Å². The summed E-state index contributed by atoms with van der Waals surface area (Å²) in [5.74, 6) is -0.106. The minimum atomic E-state index is -0.106. The molecule has 1 rings (SSSR count). The molecule has 0 fully saturated rings. The Kier molecular flexibility index (Phi) is 3.90. The molecular weight excluding hydrogens is 202 g/mol. The normalized spacial score (nSPS) is 9.56. The first-order chi connectivity index (χ1) is 7.54. The summed E-state index contributed by atoms with van der Waals surface area (Å²) in [4.78, 5) is 13.4. The minimum Gasteiger partial charge on any atom is -0.399 e. The summed E-state index contributed by atoms with van der Waals surface area (Å²) >= 11 is 0. The van der Waals surface area contributed by atoms with Crippen molar-refractivity contribution in [1.29, 1.82) is 5.26 Å². The zero-order valence-electron chi connectivity index (χ0n) is 9.53. The van der Waals surface area contributed by atoms with E-state index < -0.39 is 0 Å². The average Bonchev–Trinajstić information content (AvgIpc) is 2.23. The van der Waals surface area contributed by atoms with Gasteiger partial charge in [-0.15, -0.1) is 0 Å². The number of carbonyl (C=O) groups is 1. The molecule has 0 saturated heterocycles. The third-order valence-electron chi connectivity index (χ3n) is 2.25. The van der Waals surface area contributed by atoms with Crippen LogP contribution in [0.3, 0.4) is 0 Å². The third kappa shape index (κ3) is 2.99. The van der Waals surface area contributed by atoms with Crippen molar-refractivity contribution in [2.75, 3.05) is 19.3 Å². The van der Waals surface area contributed by atoms with Crippen molar-refractivity contribution in [2.24, 2.45) is 0 Å². The van der Waals surface area contributed by atoms with E-state index >= 15 is 0 Å². The molecule has 0 radical (unpaired) electrons. The lowest BCUT2D eigenvalue weighted by atomic mass is 10.1. The van der Waals surface area contributed by atoms with E-state index in [2.05, 4.69) is 0 Å². The van der Waals surface area contributed by atoms with Crippen molar-refractivity contribution in [2.45, 2.75) is 13.3 Å². The van der Waals surface area contributed by atoms with E-state index in [1.54, 1.807) is 19.2 Å². The van der Waals surface area contributed by atoms with Crippen LogP contribution in [0.5, 0.6) is 0 Å². The summed E-state index contributed by atoms with van der Waals surface area (Å²) in [5, 5.41) is 8.45. The van der Waals surface area contributed by atoms with Crippen LogP contribution >= 0.6 is 0 Å². The molecule has 2 N–H and O–H groups in total. The van der Waals surface area contributed by atoms with Gasteiger partial charge in [-0.2, -0.15) is 5.26 Å². The van der Waals surface area contributed by atoms with Gasteiger partial charge in [0.05, 0.1) is 12.5 Å². The Bertz CT molecular complexity index is 414. The number of nitrogens with zero attached hydrogens (tertiary/aromatic N) is 2. The van der Waals surface area contributed by atoms with Crippen LogP contribution in [0, 0.1) is 18.3 Å². The van der Waals surface area contributed by atoms with Crippen LogP contribution in [0.25, 0.3) is 0 Å². The third-order valence-corrected chi connectivity index (χ3v) is 2.25. The number of nitriles is 1. The van der Waals surface area contributed by atoms with Gasteiger partial charge in [-0.25, -0.2) is 0 Å². The SMILES string of the molecule is Cc1cc(N)cc(C(=O)N(C)CCC#N)c1. The summed E-state index contributed by atoms with van der Waals surface area (Å²) in [5.41, 5.74) is 7.78. The maximum Gasteiger partial charge on any atom is 0.253 e. The minimum absolute atomic E-state index is 0.106. The molecular formula is C12H15N3O. The van der Waals surface area contributed by atoms with Crippen LogP contribution in [0.15, 0.2) is 18.2 Å². The number of carbonyl (C=O) groups excluding carboxylic acids is 1. The Balaban J connectivity index is 2.84. The van der Waals surface area contributed by atoms with Gasteiger partial charge >= 0.3 is 0 Å². The van der Waals surface area contributed by atoms with Gasteiger partial charge < -0.3 is 10.6 Å². The maximum atomic E-state index is 11.9. The maximum absolute atomic E-state index is 11.9. The van der Waals surface area contributed by atoms with E-state index in [0.29, 0.717) is 24.2 Å². The predicted molar refractivity (Wildman–Crippen MR) is 62.8 cm³/mol. The summed E-state index contributed by atoms with van der Waals surface area (Å²) < 4.78 is 0. The van der Waals surface area contributed by atoms with Gasteiger partial charge in [-0.1, -0.05) is 0 Å². The molecule has 0 unspecified atom stereocenters. The molecule has 16 heavy (non-hydrogen) atoms. The van der Waals surface area contributed by atoms with Crippen molar-refractivity contribution >= 4 is 11.6 Å². The Morgan fingerprint density at radius 2 is 2.19 bits per heavy atom. The fourth-order valence-electron chi connectivity index (χ4n) is 1.48. The molecule has 0 aliphatic carbocycles. The zero-order chi connectivity index (χ0) is 12.1. The van der Waals surface area contributed by atoms with E-state index in [4.69, 9.17) is 11.0 Å². The van der Waals surface area contributed by atoms with E-state index in [0.717, 1.165) is 5.56 Å². The number of benzene rings is 1. The first-order valence-corrected chi connectivity index (χ1v) is 5.04. The highest BCUT2D eigenvalue weighted by atomic mass is 16.2. The first kappa shape index (κ1) is 12.1. The summed E-state index contributed by atoms with van der Waals surface area (Å²) in [7, 11) is 1.68. The van der Waals surface area contributed by atoms with Crippen molar-refractivity contribution in [3.63, 3.8) is 0 Å². The van der Waals surface area contributed by atoms with Gasteiger partial charge in [-0.05, 0) is 30.7 Å². The molecule has 0 aliphatic heterocycles. The topological polar surface area (TPSA) is 70.1 Å². The number of nitrogen functional groups attached to an aromatic ring is 1. The lowest BCUT2D eigenvalue weighted by molar-refractivity contribution is 0.0798. The van der Waals surface area contributed by atoms with E-state index in [1.807, 2.05) is 19.1 Å². The van der Waals surface area contributed by atoms with E-state index in [1.165, 1.54) is 4.90 Å². The second-order valence-corrected chi connectivity index (χ2v) is 3.77. The highest BCUT2D eigenvalue weighted by Gasteiger charge is 2.11. The van der Waals surface area contributed by atoms with Gasteiger partial charge in [0.15, 0.2) is 0 Å². The fraction of sp³-hybridized carbons (Fsp3) is 0.333.